The van der Waals surface area contributed by atoms with Gasteiger partial charge in [-0.1, -0.05) is 182 Å². The number of nitrogens with zero attached hydrogens (tertiary/aromatic N) is 2. The molecule has 2 heterocycles. The van der Waals surface area contributed by atoms with Gasteiger partial charge in [0.15, 0.2) is 0 Å². The molecule has 0 aliphatic carbocycles. The number of pyridine rings is 2. The fourth-order valence-corrected chi connectivity index (χ4v) is 7.60. The van der Waals surface area contributed by atoms with Crippen molar-refractivity contribution in [3.05, 3.63) is 228 Å². The van der Waals surface area contributed by atoms with Crippen molar-refractivity contribution in [1.82, 2.24) is 9.97 Å². The van der Waals surface area contributed by atoms with Crippen molar-refractivity contribution in [2.75, 3.05) is 0 Å². The third-order valence-electron chi connectivity index (χ3n) is 10.2. The van der Waals surface area contributed by atoms with Gasteiger partial charge in [0.2, 0.25) is 0 Å². The molecule has 2 heteroatoms. The van der Waals surface area contributed by atoms with E-state index in [-0.39, 0.29) is 11.8 Å². The summed E-state index contributed by atoms with van der Waals surface area (Å²) in [5.74, 6) is -0.102. The molecule has 8 aromatic rings. The summed E-state index contributed by atoms with van der Waals surface area (Å²) in [5, 5.41) is 0. The van der Waals surface area contributed by atoms with E-state index in [1.807, 2.05) is 0 Å². The van der Waals surface area contributed by atoms with Crippen molar-refractivity contribution in [3.63, 3.8) is 0 Å². The van der Waals surface area contributed by atoms with E-state index >= 15 is 0 Å². The van der Waals surface area contributed by atoms with Crippen LogP contribution in [-0.2, 0) is 0 Å². The van der Waals surface area contributed by atoms with E-state index in [1.165, 1.54) is 33.4 Å². The molecule has 250 valence electrons. The first kappa shape index (κ1) is 32.8. The molecule has 8 rings (SSSR count). The summed E-state index contributed by atoms with van der Waals surface area (Å²) < 4.78 is 0. The van der Waals surface area contributed by atoms with E-state index in [0.717, 1.165) is 45.0 Å². The molecule has 0 bridgehead atoms. The number of rotatable bonds is 9. The fraction of sp³-hybridized carbons (Fsp3) is 0.0800. The average Bonchev–Trinajstić information content (AvgIpc) is 3.22. The fourth-order valence-electron chi connectivity index (χ4n) is 7.60. The predicted molar refractivity (Wildman–Crippen MR) is 216 cm³/mol. The summed E-state index contributed by atoms with van der Waals surface area (Å²) in [6, 6.07) is 69.1. The minimum Gasteiger partial charge on any atom is -0.247 e. The third kappa shape index (κ3) is 6.59. The van der Waals surface area contributed by atoms with Gasteiger partial charge in [-0.25, -0.2) is 9.97 Å². The molecule has 0 fully saturated rings. The van der Waals surface area contributed by atoms with Gasteiger partial charge in [0, 0.05) is 34.1 Å². The highest BCUT2D eigenvalue weighted by Crippen LogP contribution is 2.48. The smallest absolute Gasteiger partial charge is 0.0741 e. The second kappa shape index (κ2) is 14.8. The summed E-state index contributed by atoms with van der Waals surface area (Å²) in [5.41, 5.74) is 15.7. The lowest BCUT2D eigenvalue weighted by Gasteiger charge is -2.33. The van der Waals surface area contributed by atoms with Crippen LogP contribution in [0.25, 0.3) is 45.0 Å². The van der Waals surface area contributed by atoms with Gasteiger partial charge in [0.05, 0.1) is 22.8 Å². The molecule has 2 atom stereocenters. The summed E-state index contributed by atoms with van der Waals surface area (Å²) in [6.45, 7) is 4.50. The third-order valence-corrected chi connectivity index (χ3v) is 10.2. The van der Waals surface area contributed by atoms with Gasteiger partial charge in [-0.3, -0.25) is 0 Å². The summed E-state index contributed by atoms with van der Waals surface area (Å²) in [6.07, 6.45) is 0. The van der Waals surface area contributed by atoms with E-state index in [1.54, 1.807) is 0 Å². The molecule has 2 aromatic heterocycles. The van der Waals surface area contributed by atoms with E-state index in [9.17, 15) is 0 Å². The van der Waals surface area contributed by atoms with Gasteiger partial charge >= 0.3 is 0 Å². The van der Waals surface area contributed by atoms with Crippen LogP contribution < -0.4 is 0 Å². The Morgan fingerprint density at radius 1 is 0.327 bits per heavy atom. The normalized spacial score (nSPS) is 12.3. The number of benzene rings is 6. The van der Waals surface area contributed by atoms with E-state index in [2.05, 4.69) is 208 Å². The number of hydrogen-bond donors (Lipinski definition) is 0. The van der Waals surface area contributed by atoms with Crippen molar-refractivity contribution in [1.29, 1.82) is 0 Å². The summed E-state index contributed by atoms with van der Waals surface area (Å²) >= 11 is 0. The highest BCUT2D eigenvalue weighted by Gasteiger charge is 2.33. The molecular weight excluding hydrogens is 629 g/mol. The van der Waals surface area contributed by atoms with E-state index in [0.29, 0.717) is 0 Å². The Labute approximate surface area is 307 Å². The van der Waals surface area contributed by atoms with Crippen LogP contribution in [0.5, 0.6) is 0 Å². The molecule has 0 radical (unpaired) electrons. The second-order valence-electron chi connectivity index (χ2n) is 13.4. The van der Waals surface area contributed by atoms with Crippen molar-refractivity contribution >= 4 is 0 Å². The van der Waals surface area contributed by atoms with Crippen LogP contribution in [-0.4, -0.2) is 9.97 Å². The lowest BCUT2D eigenvalue weighted by Crippen LogP contribution is -2.18. The van der Waals surface area contributed by atoms with Crippen molar-refractivity contribution in [3.8, 4) is 45.0 Å². The lowest BCUT2D eigenvalue weighted by molar-refractivity contribution is 0.685. The largest absolute Gasteiger partial charge is 0.247 e. The van der Waals surface area contributed by atoms with Gasteiger partial charge in [-0.15, -0.1) is 0 Å². The first-order valence-corrected chi connectivity index (χ1v) is 18.0. The Hall–Kier alpha value is -6.38. The number of aromatic nitrogens is 2. The van der Waals surface area contributed by atoms with Crippen molar-refractivity contribution < 1.29 is 0 Å². The molecule has 0 N–H and O–H groups in total. The van der Waals surface area contributed by atoms with E-state index < -0.39 is 0 Å². The minimum absolute atomic E-state index is 0.0510. The zero-order chi connectivity index (χ0) is 35.3. The first-order chi connectivity index (χ1) is 25.7. The van der Waals surface area contributed by atoms with Crippen LogP contribution in [0.1, 0.15) is 45.2 Å². The molecule has 2 unspecified atom stereocenters. The van der Waals surface area contributed by atoms with Gasteiger partial charge < -0.3 is 0 Å². The van der Waals surface area contributed by atoms with Crippen LogP contribution in [0.3, 0.4) is 0 Å². The molecule has 0 aliphatic heterocycles. The van der Waals surface area contributed by atoms with Crippen LogP contribution in [0, 0.1) is 13.8 Å². The molecule has 0 aliphatic rings. The topological polar surface area (TPSA) is 25.8 Å². The Morgan fingerprint density at radius 3 is 0.904 bits per heavy atom. The average molecular weight is 669 g/mol. The molecule has 0 spiro atoms. The first-order valence-electron chi connectivity index (χ1n) is 18.0. The number of hydrogen-bond acceptors (Lipinski definition) is 2. The maximum atomic E-state index is 5.37. The Bertz CT molecular complexity index is 2220. The van der Waals surface area contributed by atoms with E-state index in [4.69, 9.17) is 9.97 Å². The predicted octanol–water partition coefficient (Wildman–Crippen LogP) is 12.7. The molecule has 52 heavy (non-hydrogen) atoms. The lowest BCUT2D eigenvalue weighted by atomic mass is 9.71. The highest BCUT2D eigenvalue weighted by atomic mass is 14.7. The molecule has 0 amide bonds. The van der Waals surface area contributed by atoms with Crippen molar-refractivity contribution in [2.24, 2.45) is 0 Å². The standard InChI is InChI=1S/C50H40N2/c1-35-43(33-45(37-21-9-3-10-22-37)51-49(35)41-29-17-7-18-30-41)47(39-25-13-5-14-26-39)48(40-27-15-6-16-28-40)44-34-46(38-23-11-4-12-24-38)52-50(36(44)2)42-31-19-8-20-32-42/h3-34,47-48H,1-2H3. The Kier molecular flexibility index (Phi) is 9.37. The van der Waals surface area contributed by atoms with Gasteiger partial charge in [0.25, 0.3) is 0 Å². The van der Waals surface area contributed by atoms with Gasteiger partial charge in [0.1, 0.15) is 0 Å². The van der Waals surface area contributed by atoms with Crippen LogP contribution in [0.4, 0.5) is 0 Å². The Morgan fingerprint density at radius 2 is 0.596 bits per heavy atom. The Balaban J connectivity index is 1.47. The highest BCUT2D eigenvalue weighted by molar-refractivity contribution is 5.74. The summed E-state index contributed by atoms with van der Waals surface area (Å²) in [7, 11) is 0. The van der Waals surface area contributed by atoms with Gasteiger partial charge in [-0.05, 0) is 59.4 Å². The quantitative estimate of drug-likeness (QED) is 0.153. The van der Waals surface area contributed by atoms with Gasteiger partial charge in [-0.2, -0.15) is 0 Å². The second-order valence-corrected chi connectivity index (χ2v) is 13.4. The zero-order valence-corrected chi connectivity index (χ0v) is 29.5. The minimum atomic E-state index is -0.0510. The SMILES string of the molecule is Cc1c(C(c2ccccc2)C(c2ccccc2)c2cc(-c3ccccc3)nc(-c3ccccc3)c2C)cc(-c2ccccc2)nc1-c1ccccc1. The van der Waals surface area contributed by atoms with Crippen LogP contribution in [0.2, 0.25) is 0 Å². The maximum Gasteiger partial charge on any atom is 0.0741 e. The molecule has 0 saturated heterocycles. The molecule has 6 aromatic carbocycles. The zero-order valence-electron chi connectivity index (χ0n) is 29.5. The maximum absolute atomic E-state index is 5.37. The molecular formula is C50H40N2. The monoisotopic (exact) mass is 668 g/mol. The van der Waals surface area contributed by atoms with Crippen molar-refractivity contribution in [2.45, 2.75) is 25.7 Å². The molecule has 0 saturated carbocycles. The summed E-state index contributed by atoms with van der Waals surface area (Å²) in [4.78, 5) is 10.7. The van der Waals surface area contributed by atoms with Crippen LogP contribution in [0.15, 0.2) is 194 Å². The molecule has 2 nitrogen and oxygen atoms in total. The van der Waals surface area contributed by atoms with Crippen LogP contribution >= 0.6 is 0 Å².